The SMILES string of the molecule is COc1ccc(NC(=O)[C@H]2NCCO[C@@H]2C)c(C)c1. The van der Waals surface area contributed by atoms with Gasteiger partial charge in [0.05, 0.1) is 19.8 Å². The molecule has 1 fully saturated rings. The van der Waals surface area contributed by atoms with Gasteiger partial charge in [-0.1, -0.05) is 0 Å². The fraction of sp³-hybridized carbons (Fsp3) is 0.500. The van der Waals surface area contributed by atoms with Crippen LogP contribution in [0.25, 0.3) is 0 Å². The molecule has 0 bridgehead atoms. The fourth-order valence-corrected chi connectivity index (χ4v) is 2.14. The molecule has 0 aliphatic carbocycles. The summed E-state index contributed by atoms with van der Waals surface area (Å²) in [4.78, 5) is 12.2. The van der Waals surface area contributed by atoms with Gasteiger partial charge in [0.1, 0.15) is 11.8 Å². The molecule has 2 rings (SSSR count). The second kappa shape index (κ2) is 6.04. The van der Waals surface area contributed by atoms with Crippen molar-refractivity contribution in [2.45, 2.75) is 26.0 Å². The van der Waals surface area contributed by atoms with Crippen molar-refractivity contribution in [2.75, 3.05) is 25.6 Å². The molecule has 5 nitrogen and oxygen atoms in total. The van der Waals surface area contributed by atoms with Crippen LogP contribution >= 0.6 is 0 Å². The summed E-state index contributed by atoms with van der Waals surface area (Å²) in [6.45, 7) is 5.18. The molecule has 1 saturated heterocycles. The van der Waals surface area contributed by atoms with E-state index in [1.807, 2.05) is 32.0 Å². The summed E-state index contributed by atoms with van der Waals surface area (Å²) in [5.41, 5.74) is 1.77. The molecular formula is C14H20N2O3. The van der Waals surface area contributed by atoms with Gasteiger partial charge in [-0.2, -0.15) is 0 Å². The Labute approximate surface area is 113 Å². The first-order chi connectivity index (χ1) is 9.11. The van der Waals surface area contributed by atoms with Crippen LogP contribution < -0.4 is 15.4 Å². The summed E-state index contributed by atoms with van der Waals surface area (Å²) in [6.07, 6.45) is -0.118. The lowest BCUT2D eigenvalue weighted by Gasteiger charge is -2.29. The molecule has 1 aromatic carbocycles. The molecular weight excluding hydrogens is 244 g/mol. The number of anilines is 1. The number of ether oxygens (including phenoxy) is 2. The van der Waals surface area contributed by atoms with Gasteiger partial charge in [-0.3, -0.25) is 4.79 Å². The smallest absolute Gasteiger partial charge is 0.244 e. The van der Waals surface area contributed by atoms with Gasteiger partial charge in [0.25, 0.3) is 0 Å². The Morgan fingerprint density at radius 1 is 1.53 bits per heavy atom. The van der Waals surface area contributed by atoms with E-state index in [4.69, 9.17) is 9.47 Å². The zero-order valence-electron chi connectivity index (χ0n) is 11.5. The molecule has 0 spiro atoms. The highest BCUT2D eigenvalue weighted by Gasteiger charge is 2.28. The minimum atomic E-state index is -0.310. The van der Waals surface area contributed by atoms with Crippen LogP contribution in [0.15, 0.2) is 18.2 Å². The van der Waals surface area contributed by atoms with Crippen molar-refractivity contribution in [3.05, 3.63) is 23.8 Å². The Morgan fingerprint density at radius 2 is 2.32 bits per heavy atom. The predicted octanol–water partition coefficient (Wildman–Crippen LogP) is 1.32. The topological polar surface area (TPSA) is 59.6 Å². The van der Waals surface area contributed by atoms with Gasteiger partial charge in [0.15, 0.2) is 0 Å². The second-order valence-electron chi connectivity index (χ2n) is 4.68. The third kappa shape index (κ3) is 3.24. The first kappa shape index (κ1) is 13.8. The molecule has 1 aliphatic rings. The third-order valence-corrected chi connectivity index (χ3v) is 3.29. The largest absolute Gasteiger partial charge is 0.497 e. The first-order valence-electron chi connectivity index (χ1n) is 6.42. The zero-order chi connectivity index (χ0) is 13.8. The Balaban J connectivity index is 2.06. The Kier molecular flexibility index (Phi) is 4.39. The van der Waals surface area contributed by atoms with Gasteiger partial charge < -0.3 is 20.1 Å². The highest BCUT2D eigenvalue weighted by Crippen LogP contribution is 2.21. The molecule has 104 valence electrons. The number of nitrogens with one attached hydrogen (secondary N) is 2. The number of rotatable bonds is 3. The maximum atomic E-state index is 12.2. The highest BCUT2D eigenvalue weighted by molar-refractivity contribution is 5.96. The van der Waals surface area contributed by atoms with E-state index in [1.54, 1.807) is 7.11 Å². The minimum absolute atomic E-state index is 0.0690. The van der Waals surface area contributed by atoms with E-state index in [0.717, 1.165) is 17.0 Å². The normalized spacial score (nSPS) is 22.9. The quantitative estimate of drug-likeness (QED) is 0.864. The number of hydrogen-bond donors (Lipinski definition) is 2. The van der Waals surface area contributed by atoms with Crippen molar-refractivity contribution in [2.24, 2.45) is 0 Å². The van der Waals surface area contributed by atoms with E-state index in [1.165, 1.54) is 0 Å². The Bertz CT molecular complexity index is 462. The van der Waals surface area contributed by atoms with E-state index >= 15 is 0 Å². The number of morpholine rings is 1. The number of carbonyl (C=O) groups is 1. The molecule has 2 atom stereocenters. The molecule has 0 saturated carbocycles. The summed E-state index contributed by atoms with van der Waals surface area (Å²) < 4.78 is 10.6. The molecule has 1 heterocycles. The van der Waals surface area contributed by atoms with Crippen molar-refractivity contribution in [3.63, 3.8) is 0 Å². The zero-order valence-corrected chi connectivity index (χ0v) is 11.5. The number of carbonyl (C=O) groups excluding carboxylic acids is 1. The molecule has 2 N–H and O–H groups in total. The second-order valence-corrected chi connectivity index (χ2v) is 4.68. The molecule has 1 amide bonds. The average molecular weight is 264 g/mol. The lowest BCUT2D eigenvalue weighted by Crippen LogP contribution is -2.53. The van der Waals surface area contributed by atoms with Crippen molar-refractivity contribution >= 4 is 11.6 Å². The van der Waals surface area contributed by atoms with E-state index in [-0.39, 0.29) is 18.1 Å². The molecule has 19 heavy (non-hydrogen) atoms. The molecule has 1 aliphatic heterocycles. The standard InChI is InChI=1S/C14H20N2O3/c1-9-8-11(18-3)4-5-12(9)16-14(17)13-10(2)19-7-6-15-13/h4-5,8,10,13,15H,6-7H2,1-3H3,(H,16,17)/t10-,13+/m1/s1. The van der Waals surface area contributed by atoms with Crippen molar-refractivity contribution in [3.8, 4) is 5.75 Å². The van der Waals surface area contributed by atoms with Crippen LogP contribution in [0.4, 0.5) is 5.69 Å². The van der Waals surface area contributed by atoms with Crippen molar-refractivity contribution in [1.82, 2.24) is 5.32 Å². The Morgan fingerprint density at radius 3 is 2.95 bits per heavy atom. The number of aryl methyl sites for hydroxylation is 1. The van der Waals surface area contributed by atoms with Gasteiger partial charge in [0.2, 0.25) is 5.91 Å². The fourth-order valence-electron chi connectivity index (χ4n) is 2.14. The van der Waals surface area contributed by atoms with Crippen LogP contribution in [-0.2, 0) is 9.53 Å². The molecule has 0 unspecified atom stereocenters. The minimum Gasteiger partial charge on any atom is -0.497 e. The van der Waals surface area contributed by atoms with Gasteiger partial charge in [0, 0.05) is 12.2 Å². The summed E-state index contributed by atoms with van der Waals surface area (Å²) in [5, 5.41) is 6.09. The van der Waals surface area contributed by atoms with Crippen LogP contribution in [-0.4, -0.2) is 38.3 Å². The first-order valence-corrected chi connectivity index (χ1v) is 6.42. The predicted molar refractivity (Wildman–Crippen MR) is 73.6 cm³/mol. The highest BCUT2D eigenvalue weighted by atomic mass is 16.5. The van der Waals surface area contributed by atoms with Gasteiger partial charge in [-0.15, -0.1) is 0 Å². The monoisotopic (exact) mass is 264 g/mol. The van der Waals surface area contributed by atoms with Crippen LogP contribution in [0.5, 0.6) is 5.75 Å². The third-order valence-electron chi connectivity index (χ3n) is 3.29. The van der Waals surface area contributed by atoms with Crippen LogP contribution in [0.2, 0.25) is 0 Å². The van der Waals surface area contributed by atoms with E-state index in [0.29, 0.717) is 13.2 Å². The molecule has 0 radical (unpaired) electrons. The summed E-state index contributed by atoms with van der Waals surface area (Å²) in [5.74, 6) is 0.712. The van der Waals surface area contributed by atoms with Crippen molar-refractivity contribution in [1.29, 1.82) is 0 Å². The summed E-state index contributed by atoms with van der Waals surface area (Å²) in [6, 6.07) is 5.26. The number of hydrogen-bond acceptors (Lipinski definition) is 4. The maximum Gasteiger partial charge on any atom is 0.244 e. The van der Waals surface area contributed by atoms with Crippen molar-refractivity contribution < 1.29 is 14.3 Å². The Hall–Kier alpha value is -1.59. The van der Waals surface area contributed by atoms with E-state index < -0.39 is 0 Å². The average Bonchev–Trinajstić information content (AvgIpc) is 2.41. The van der Waals surface area contributed by atoms with Gasteiger partial charge >= 0.3 is 0 Å². The van der Waals surface area contributed by atoms with E-state index in [2.05, 4.69) is 10.6 Å². The lowest BCUT2D eigenvalue weighted by atomic mass is 10.1. The molecule has 5 heteroatoms. The molecule has 0 aromatic heterocycles. The number of methoxy groups -OCH3 is 1. The maximum absolute atomic E-state index is 12.2. The summed E-state index contributed by atoms with van der Waals surface area (Å²) in [7, 11) is 1.62. The van der Waals surface area contributed by atoms with Gasteiger partial charge in [-0.25, -0.2) is 0 Å². The lowest BCUT2D eigenvalue weighted by molar-refractivity contribution is -0.123. The van der Waals surface area contributed by atoms with Crippen LogP contribution in [0, 0.1) is 6.92 Å². The van der Waals surface area contributed by atoms with Crippen LogP contribution in [0.1, 0.15) is 12.5 Å². The summed E-state index contributed by atoms with van der Waals surface area (Å²) >= 11 is 0. The number of benzene rings is 1. The van der Waals surface area contributed by atoms with Gasteiger partial charge in [-0.05, 0) is 37.6 Å². The number of amides is 1. The molecule has 1 aromatic rings. The van der Waals surface area contributed by atoms with E-state index in [9.17, 15) is 4.79 Å². The van der Waals surface area contributed by atoms with Crippen LogP contribution in [0.3, 0.4) is 0 Å².